The van der Waals surface area contributed by atoms with Gasteiger partial charge < -0.3 is 33.8 Å². The van der Waals surface area contributed by atoms with Crippen molar-refractivity contribution in [1.29, 1.82) is 0 Å². The van der Waals surface area contributed by atoms with E-state index in [-0.39, 0.29) is 25.7 Å². The van der Waals surface area contributed by atoms with E-state index in [0.717, 1.165) is 115 Å². The Morgan fingerprint density at radius 2 is 0.580 bits per heavy atom. The Morgan fingerprint density at radius 3 is 0.864 bits per heavy atom. The van der Waals surface area contributed by atoms with Gasteiger partial charge in [-0.15, -0.1) is 0 Å². The number of carbonyl (C=O) groups is 4. The van der Waals surface area contributed by atoms with Gasteiger partial charge in [0.2, 0.25) is 0 Å². The maximum absolute atomic E-state index is 13.0. The highest BCUT2D eigenvalue weighted by atomic mass is 31.2. The molecule has 88 heavy (non-hydrogen) atoms. The van der Waals surface area contributed by atoms with Gasteiger partial charge in [0.15, 0.2) is 12.2 Å². The molecule has 0 aromatic carbocycles. The molecule has 0 aromatic heterocycles. The van der Waals surface area contributed by atoms with E-state index < -0.39 is 97.5 Å². The van der Waals surface area contributed by atoms with Gasteiger partial charge in [-0.2, -0.15) is 0 Å². The number of phosphoric ester groups is 2. The standard InChI is InChI=1S/C69H134O17P2/c1-7-10-12-14-16-17-18-24-27-34-40-46-52-67(72)80-58-65(85-68(73)53-47-41-35-28-25-22-20-19-21-23-26-33-38-44-50-62(6)9-3)60-84-88(77,78)82-56-63(70)55-81-87(75,76)83-59-64(57-79-66(71)51-45-39-31-15-13-11-8-2)86-69(74)54-48-42-36-30-29-32-37-43-49-61(4)5/h61-65,70H,7-60H2,1-6H3,(H,75,76)(H,77,78)/t62?,63-,64+,65+/m0/s1. The summed E-state index contributed by atoms with van der Waals surface area (Å²) in [6, 6.07) is 0. The minimum atomic E-state index is -4.95. The molecule has 0 bridgehead atoms. The molecule has 0 saturated carbocycles. The molecule has 0 heterocycles. The van der Waals surface area contributed by atoms with Crippen LogP contribution >= 0.6 is 15.6 Å². The maximum atomic E-state index is 13.0. The lowest BCUT2D eigenvalue weighted by Crippen LogP contribution is -2.30. The Morgan fingerprint density at radius 1 is 0.330 bits per heavy atom. The highest BCUT2D eigenvalue weighted by molar-refractivity contribution is 7.47. The highest BCUT2D eigenvalue weighted by Gasteiger charge is 2.30. The zero-order valence-corrected chi connectivity index (χ0v) is 58.8. The first-order valence-electron chi connectivity index (χ1n) is 36.0. The molecule has 3 N–H and O–H groups in total. The van der Waals surface area contributed by atoms with Crippen molar-refractivity contribution in [3.8, 4) is 0 Å². The Hall–Kier alpha value is -1.94. The largest absolute Gasteiger partial charge is 0.472 e. The summed E-state index contributed by atoms with van der Waals surface area (Å²) in [5.41, 5.74) is 0. The molecule has 17 nitrogen and oxygen atoms in total. The van der Waals surface area contributed by atoms with Gasteiger partial charge in [-0.3, -0.25) is 37.3 Å². The molecule has 0 fully saturated rings. The fourth-order valence-corrected chi connectivity index (χ4v) is 12.0. The number of phosphoric acid groups is 2. The number of aliphatic hydroxyl groups is 1. The van der Waals surface area contributed by atoms with Crippen molar-refractivity contribution < 1.29 is 80.2 Å². The average Bonchev–Trinajstić information content (AvgIpc) is 3.71. The summed E-state index contributed by atoms with van der Waals surface area (Å²) >= 11 is 0. The Bertz CT molecular complexity index is 1720. The maximum Gasteiger partial charge on any atom is 0.472 e. The Labute approximate surface area is 537 Å². The predicted octanol–water partition coefficient (Wildman–Crippen LogP) is 19.6. The molecule has 0 radical (unpaired) electrons. The van der Waals surface area contributed by atoms with Gasteiger partial charge >= 0.3 is 39.5 Å². The van der Waals surface area contributed by atoms with E-state index in [9.17, 15) is 43.2 Å². The minimum Gasteiger partial charge on any atom is -0.462 e. The summed E-state index contributed by atoms with van der Waals surface area (Å²) < 4.78 is 68.1. The first kappa shape index (κ1) is 86.1. The number of rotatable bonds is 68. The van der Waals surface area contributed by atoms with Crippen LogP contribution in [0.5, 0.6) is 0 Å². The molecule has 19 heteroatoms. The first-order chi connectivity index (χ1) is 42.4. The highest BCUT2D eigenvalue weighted by Crippen LogP contribution is 2.45. The van der Waals surface area contributed by atoms with E-state index in [1.54, 1.807) is 0 Å². The molecule has 3 unspecified atom stereocenters. The van der Waals surface area contributed by atoms with Crippen molar-refractivity contribution in [2.45, 2.75) is 368 Å². The SMILES string of the molecule is CCCCCCCCCCCCCCC(=O)OC[C@H](COP(=O)(O)OC[C@@H](O)COP(=O)(O)OC[C@@H](COC(=O)CCCCCCCCC)OC(=O)CCCCCCCCCCC(C)C)OC(=O)CCCCCCCCCCCCCCCCC(C)CC. The van der Waals surface area contributed by atoms with Crippen molar-refractivity contribution in [3.63, 3.8) is 0 Å². The van der Waals surface area contributed by atoms with Gasteiger partial charge in [0.1, 0.15) is 19.3 Å². The fraction of sp³-hybridized carbons (Fsp3) is 0.942. The zero-order chi connectivity index (χ0) is 65.0. The smallest absolute Gasteiger partial charge is 0.462 e. The lowest BCUT2D eigenvalue weighted by atomic mass is 9.99. The first-order valence-corrected chi connectivity index (χ1v) is 39.0. The molecule has 0 aromatic rings. The van der Waals surface area contributed by atoms with E-state index in [1.807, 2.05) is 0 Å². The van der Waals surface area contributed by atoms with Gasteiger partial charge in [0, 0.05) is 25.7 Å². The molecular weight excluding hydrogens is 1160 g/mol. The second-order valence-electron chi connectivity index (χ2n) is 25.6. The topological polar surface area (TPSA) is 237 Å². The third-order valence-electron chi connectivity index (χ3n) is 16.3. The van der Waals surface area contributed by atoms with Crippen LogP contribution in [0.4, 0.5) is 0 Å². The number of aliphatic hydroxyl groups excluding tert-OH is 1. The lowest BCUT2D eigenvalue weighted by molar-refractivity contribution is -0.161. The Kier molecular flexibility index (Phi) is 59.9. The number of hydrogen-bond donors (Lipinski definition) is 3. The fourth-order valence-electron chi connectivity index (χ4n) is 10.4. The van der Waals surface area contributed by atoms with E-state index in [2.05, 4.69) is 41.5 Å². The summed E-state index contributed by atoms with van der Waals surface area (Å²) in [6.45, 7) is 9.51. The van der Waals surface area contributed by atoms with Crippen LogP contribution < -0.4 is 0 Å². The average molecular weight is 1300 g/mol. The van der Waals surface area contributed by atoms with E-state index >= 15 is 0 Å². The molecule has 0 rings (SSSR count). The third kappa shape index (κ3) is 61.6. The van der Waals surface area contributed by atoms with Crippen LogP contribution in [0, 0.1) is 11.8 Å². The van der Waals surface area contributed by atoms with Crippen LogP contribution in [-0.2, 0) is 65.4 Å². The molecule has 0 aliphatic carbocycles. The molecule has 0 aliphatic heterocycles. The Balaban J connectivity index is 5.19. The van der Waals surface area contributed by atoms with Gasteiger partial charge in [0.25, 0.3) is 0 Å². The second-order valence-corrected chi connectivity index (χ2v) is 28.5. The number of unbranched alkanes of at least 4 members (excludes halogenated alkanes) is 37. The quantitative estimate of drug-likeness (QED) is 0.0222. The number of ether oxygens (including phenoxy) is 4. The molecule has 0 spiro atoms. The van der Waals surface area contributed by atoms with Crippen LogP contribution in [-0.4, -0.2) is 96.7 Å². The molecule has 0 amide bonds. The second kappa shape index (κ2) is 61.3. The van der Waals surface area contributed by atoms with Crippen molar-refractivity contribution in [3.05, 3.63) is 0 Å². The minimum absolute atomic E-state index is 0.104. The van der Waals surface area contributed by atoms with Gasteiger partial charge in [-0.1, -0.05) is 298 Å². The monoisotopic (exact) mass is 1300 g/mol. The van der Waals surface area contributed by atoms with E-state index in [4.69, 9.17) is 37.0 Å². The van der Waals surface area contributed by atoms with E-state index in [1.165, 1.54) is 154 Å². The van der Waals surface area contributed by atoms with Crippen molar-refractivity contribution in [2.75, 3.05) is 39.6 Å². The van der Waals surface area contributed by atoms with Crippen molar-refractivity contribution in [1.82, 2.24) is 0 Å². The van der Waals surface area contributed by atoms with Crippen molar-refractivity contribution >= 4 is 39.5 Å². The third-order valence-corrected chi connectivity index (χ3v) is 18.2. The van der Waals surface area contributed by atoms with Gasteiger partial charge in [-0.05, 0) is 37.5 Å². The normalized spacial score (nSPS) is 14.5. The summed E-state index contributed by atoms with van der Waals surface area (Å²) in [5.74, 6) is -0.566. The number of hydrogen-bond acceptors (Lipinski definition) is 15. The molecular formula is C69H134O17P2. The van der Waals surface area contributed by atoms with Crippen molar-refractivity contribution in [2.24, 2.45) is 11.8 Å². The summed E-state index contributed by atoms with van der Waals surface area (Å²) in [4.78, 5) is 72.3. The molecule has 522 valence electrons. The van der Waals surface area contributed by atoms with Crippen LogP contribution in [0.15, 0.2) is 0 Å². The van der Waals surface area contributed by atoms with Gasteiger partial charge in [-0.25, -0.2) is 9.13 Å². The summed E-state index contributed by atoms with van der Waals surface area (Å²) in [6.07, 6.45) is 45.9. The van der Waals surface area contributed by atoms with Crippen LogP contribution in [0.3, 0.4) is 0 Å². The zero-order valence-electron chi connectivity index (χ0n) is 57.0. The van der Waals surface area contributed by atoms with E-state index in [0.29, 0.717) is 25.7 Å². The summed E-state index contributed by atoms with van der Waals surface area (Å²) in [5, 5.41) is 10.6. The summed E-state index contributed by atoms with van der Waals surface area (Å²) in [7, 11) is -9.89. The lowest BCUT2D eigenvalue weighted by Gasteiger charge is -2.21. The number of carbonyl (C=O) groups excluding carboxylic acids is 4. The van der Waals surface area contributed by atoms with Gasteiger partial charge in [0.05, 0.1) is 26.4 Å². The molecule has 0 saturated heterocycles. The molecule has 6 atom stereocenters. The predicted molar refractivity (Wildman–Crippen MR) is 354 cm³/mol. The number of esters is 4. The van der Waals surface area contributed by atoms with Crippen LogP contribution in [0.25, 0.3) is 0 Å². The van der Waals surface area contributed by atoms with Crippen LogP contribution in [0.1, 0.15) is 350 Å². The molecule has 0 aliphatic rings. The van der Waals surface area contributed by atoms with Crippen LogP contribution in [0.2, 0.25) is 0 Å².